The minimum atomic E-state index is 0.644. The number of rotatable bonds is 5. The highest BCUT2D eigenvalue weighted by molar-refractivity contribution is 5.55. The van der Waals surface area contributed by atoms with E-state index in [1.54, 1.807) is 0 Å². The fraction of sp³-hybridized carbons (Fsp3) is 0.529. The van der Waals surface area contributed by atoms with Gasteiger partial charge >= 0.3 is 0 Å². The highest BCUT2D eigenvalue weighted by atomic mass is 14.2. The zero-order valence-electron chi connectivity index (χ0n) is 12.0. The Balaban J connectivity index is 3.18. The van der Waals surface area contributed by atoms with E-state index in [-0.39, 0.29) is 0 Å². The number of hydrogen-bond acceptors (Lipinski definition) is 0. The lowest BCUT2D eigenvalue weighted by Gasteiger charge is -2.17. The molecule has 94 valence electrons. The summed E-state index contributed by atoms with van der Waals surface area (Å²) in [6.07, 6.45) is 6.77. The number of hydrogen-bond donors (Lipinski definition) is 0. The maximum Gasteiger partial charge on any atom is -0.0187 e. The molecular weight excluding hydrogens is 204 g/mol. The second-order valence-corrected chi connectivity index (χ2v) is 5.01. The second kappa shape index (κ2) is 6.64. The summed E-state index contributed by atoms with van der Waals surface area (Å²) in [6, 6.07) is 6.98. The SMILES string of the molecule is CC=Cc1ccc(C(C)CC)cc1C(C)CC. The van der Waals surface area contributed by atoms with Gasteiger partial charge in [0.05, 0.1) is 0 Å². The van der Waals surface area contributed by atoms with Crippen LogP contribution in [0, 0.1) is 0 Å². The van der Waals surface area contributed by atoms with E-state index in [2.05, 4.69) is 65.0 Å². The molecule has 2 atom stereocenters. The standard InChI is InChI=1S/C17H26/c1-6-9-15-10-11-16(13(4)7-2)12-17(15)14(5)8-3/h6,9-14H,7-8H2,1-5H3. The van der Waals surface area contributed by atoms with Gasteiger partial charge in [-0.2, -0.15) is 0 Å². The molecule has 0 fully saturated rings. The zero-order chi connectivity index (χ0) is 12.8. The summed E-state index contributed by atoms with van der Waals surface area (Å²) >= 11 is 0. The van der Waals surface area contributed by atoms with Gasteiger partial charge in [0.2, 0.25) is 0 Å². The van der Waals surface area contributed by atoms with Gasteiger partial charge in [-0.25, -0.2) is 0 Å². The van der Waals surface area contributed by atoms with Crippen LogP contribution in [0.15, 0.2) is 24.3 Å². The van der Waals surface area contributed by atoms with Crippen molar-refractivity contribution in [3.8, 4) is 0 Å². The van der Waals surface area contributed by atoms with E-state index in [0.717, 1.165) is 0 Å². The first-order valence-corrected chi connectivity index (χ1v) is 6.90. The third-order valence-corrected chi connectivity index (χ3v) is 3.78. The van der Waals surface area contributed by atoms with Crippen molar-refractivity contribution < 1.29 is 0 Å². The molecule has 1 aromatic rings. The molecule has 1 rings (SSSR count). The largest absolute Gasteiger partial charge is 0.0871 e. The second-order valence-electron chi connectivity index (χ2n) is 5.01. The van der Waals surface area contributed by atoms with E-state index in [9.17, 15) is 0 Å². The van der Waals surface area contributed by atoms with E-state index in [0.29, 0.717) is 11.8 Å². The minimum absolute atomic E-state index is 0.644. The molecule has 1 aromatic carbocycles. The summed E-state index contributed by atoms with van der Waals surface area (Å²) in [5.74, 6) is 1.31. The molecule has 0 aliphatic carbocycles. The fourth-order valence-electron chi connectivity index (χ4n) is 2.11. The van der Waals surface area contributed by atoms with Gasteiger partial charge in [-0.05, 0) is 48.3 Å². The first kappa shape index (κ1) is 14.0. The predicted octanol–water partition coefficient (Wildman–Crippen LogP) is 5.75. The maximum atomic E-state index is 2.41. The lowest BCUT2D eigenvalue weighted by Crippen LogP contribution is -1.99. The Morgan fingerprint density at radius 3 is 2.24 bits per heavy atom. The summed E-state index contributed by atoms with van der Waals surface area (Å²) in [5, 5.41) is 0. The van der Waals surface area contributed by atoms with Gasteiger partial charge < -0.3 is 0 Å². The number of allylic oxidation sites excluding steroid dienone is 1. The van der Waals surface area contributed by atoms with E-state index < -0.39 is 0 Å². The first-order valence-electron chi connectivity index (χ1n) is 6.90. The van der Waals surface area contributed by atoms with Gasteiger partial charge in [0.1, 0.15) is 0 Å². The normalized spacial score (nSPS) is 15.1. The van der Waals surface area contributed by atoms with Gasteiger partial charge in [0, 0.05) is 0 Å². The van der Waals surface area contributed by atoms with Crippen molar-refractivity contribution in [2.24, 2.45) is 0 Å². The van der Waals surface area contributed by atoms with Gasteiger partial charge in [0.15, 0.2) is 0 Å². The Kier molecular flexibility index (Phi) is 5.47. The number of benzene rings is 1. The van der Waals surface area contributed by atoms with Crippen LogP contribution < -0.4 is 0 Å². The molecule has 0 aromatic heterocycles. The summed E-state index contributed by atoms with van der Waals surface area (Å²) < 4.78 is 0. The molecule has 0 bridgehead atoms. The average molecular weight is 230 g/mol. The lowest BCUT2D eigenvalue weighted by molar-refractivity contribution is 0.710. The van der Waals surface area contributed by atoms with Crippen molar-refractivity contribution in [1.29, 1.82) is 0 Å². The summed E-state index contributed by atoms with van der Waals surface area (Å²) in [7, 11) is 0. The topological polar surface area (TPSA) is 0 Å². The van der Waals surface area contributed by atoms with E-state index in [4.69, 9.17) is 0 Å². The third-order valence-electron chi connectivity index (χ3n) is 3.78. The molecule has 0 aliphatic heterocycles. The van der Waals surface area contributed by atoms with Crippen molar-refractivity contribution in [2.45, 2.75) is 59.3 Å². The Labute approximate surface area is 107 Å². The molecule has 17 heavy (non-hydrogen) atoms. The van der Waals surface area contributed by atoms with Crippen molar-refractivity contribution in [2.75, 3.05) is 0 Å². The molecule has 0 heteroatoms. The van der Waals surface area contributed by atoms with E-state index in [1.165, 1.54) is 29.5 Å². The van der Waals surface area contributed by atoms with Gasteiger partial charge in [-0.1, -0.05) is 58.0 Å². The quantitative estimate of drug-likeness (QED) is 0.604. The highest BCUT2D eigenvalue weighted by Crippen LogP contribution is 2.28. The van der Waals surface area contributed by atoms with E-state index >= 15 is 0 Å². The van der Waals surface area contributed by atoms with Crippen LogP contribution >= 0.6 is 0 Å². The Hall–Kier alpha value is -1.04. The van der Waals surface area contributed by atoms with Gasteiger partial charge in [0.25, 0.3) is 0 Å². The van der Waals surface area contributed by atoms with Crippen molar-refractivity contribution in [1.82, 2.24) is 0 Å². The van der Waals surface area contributed by atoms with Gasteiger partial charge in [-0.15, -0.1) is 0 Å². The molecular formula is C17H26. The Morgan fingerprint density at radius 2 is 1.71 bits per heavy atom. The molecule has 2 unspecified atom stereocenters. The fourth-order valence-corrected chi connectivity index (χ4v) is 2.11. The highest BCUT2D eigenvalue weighted by Gasteiger charge is 2.10. The predicted molar refractivity (Wildman–Crippen MR) is 78.6 cm³/mol. The molecule has 0 aliphatic rings. The molecule has 0 radical (unpaired) electrons. The molecule has 0 heterocycles. The molecule has 0 nitrogen and oxygen atoms in total. The third kappa shape index (κ3) is 3.46. The molecule has 0 saturated heterocycles. The van der Waals surface area contributed by atoms with Crippen LogP contribution in [0.2, 0.25) is 0 Å². The Bertz CT molecular complexity index is 374. The summed E-state index contributed by atoms with van der Waals surface area (Å²) in [4.78, 5) is 0. The van der Waals surface area contributed by atoms with Crippen LogP contribution in [-0.2, 0) is 0 Å². The molecule has 0 spiro atoms. The monoisotopic (exact) mass is 230 g/mol. The van der Waals surface area contributed by atoms with Crippen LogP contribution in [0.25, 0.3) is 6.08 Å². The van der Waals surface area contributed by atoms with Gasteiger partial charge in [-0.3, -0.25) is 0 Å². The van der Waals surface area contributed by atoms with Crippen molar-refractivity contribution in [3.63, 3.8) is 0 Å². The van der Waals surface area contributed by atoms with Crippen molar-refractivity contribution in [3.05, 3.63) is 41.0 Å². The molecule has 0 saturated carbocycles. The van der Waals surface area contributed by atoms with Crippen molar-refractivity contribution >= 4 is 6.08 Å². The zero-order valence-corrected chi connectivity index (χ0v) is 12.0. The molecule has 0 amide bonds. The summed E-state index contributed by atoms with van der Waals surface area (Å²) in [5.41, 5.74) is 4.37. The smallest absolute Gasteiger partial charge is 0.0187 e. The van der Waals surface area contributed by atoms with E-state index in [1.807, 2.05) is 0 Å². The van der Waals surface area contributed by atoms with Crippen LogP contribution in [0.1, 0.15) is 76.0 Å². The first-order chi connectivity index (χ1) is 8.13. The lowest BCUT2D eigenvalue weighted by atomic mass is 9.88. The minimum Gasteiger partial charge on any atom is -0.0871 e. The summed E-state index contributed by atoms with van der Waals surface area (Å²) in [6.45, 7) is 11.2. The molecule has 0 N–H and O–H groups in total. The van der Waals surface area contributed by atoms with Crippen LogP contribution in [0.4, 0.5) is 0 Å². The maximum absolute atomic E-state index is 2.41. The Morgan fingerprint density at radius 1 is 1.06 bits per heavy atom. The van der Waals surface area contributed by atoms with Crippen LogP contribution in [0.3, 0.4) is 0 Å². The average Bonchev–Trinajstić information content (AvgIpc) is 2.37. The van der Waals surface area contributed by atoms with Crippen LogP contribution in [-0.4, -0.2) is 0 Å². The van der Waals surface area contributed by atoms with Crippen LogP contribution in [0.5, 0.6) is 0 Å².